The number of amides is 1. The Bertz CT molecular complexity index is 644. The molecule has 0 atom stereocenters. The van der Waals surface area contributed by atoms with E-state index < -0.39 is 0 Å². The van der Waals surface area contributed by atoms with Crippen LogP contribution in [0.15, 0.2) is 35.3 Å². The molecule has 0 aliphatic carbocycles. The summed E-state index contributed by atoms with van der Waals surface area (Å²) in [7, 11) is 0. The van der Waals surface area contributed by atoms with Gasteiger partial charge in [-0.2, -0.15) is 0 Å². The van der Waals surface area contributed by atoms with E-state index >= 15 is 0 Å². The first kappa shape index (κ1) is 14.8. The van der Waals surface area contributed by atoms with Gasteiger partial charge >= 0.3 is 0 Å². The van der Waals surface area contributed by atoms with Crippen LogP contribution in [0.1, 0.15) is 27.2 Å². The molecule has 5 nitrogen and oxygen atoms in total. The molecule has 22 heavy (non-hydrogen) atoms. The smallest absolute Gasteiger partial charge is 0.254 e. The zero-order chi connectivity index (χ0) is 15.5. The first-order chi connectivity index (χ1) is 10.6. The molecule has 1 fully saturated rings. The van der Waals surface area contributed by atoms with E-state index in [0.717, 1.165) is 55.1 Å². The summed E-state index contributed by atoms with van der Waals surface area (Å²) in [4.78, 5) is 21.1. The molecule has 0 N–H and O–H groups in total. The van der Waals surface area contributed by atoms with Crippen molar-refractivity contribution in [2.45, 2.75) is 20.4 Å². The largest absolute Gasteiger partial charge is 0.451 e. The summed E-state index contributed by atoms with van der Waals surface area (Å²) in [6.07, 6.45) is 3.13. The van der Waals surface area contributed by atoms with Gasteiger partial charge in [-0.05, 0) is 25.5 Å². The molecule has 1 amide bonds. The van der Waals surface area contributed by atoms with Crippen LogP contribution >= 0.6 is 0 Å². The van der Waals surface area contributed by atoms with E-state index in [0.29, 0.717) is 0 Å². The number of oxazole rings is 1. The summed E-state index contributed by atoms with van der Waals surface area (Å²) in [5.41, 5.74) is 3.93. The van der Waals surface area contributed by atoms with E-state index in [1.54, 1.807) is 6.26 Å². The van der Waals surface area contributed by atoms with E-state index in [2.05, 4.69) is 9.88 Å². The Labute approximate surface area is 130 Å². The summed E-state index contributed by atoms with van der Waals surface area (Å²) in [5.74, 6) is 0.141. The van der Waals surface area contributed by atoms with Gasteiger partial charge in [0.1, 0.15) is 6.26 Å². The molecule has 1 saturated heterocycles. The average molecular weight is 299 g/mol. The van der Waals surface area contributed by atoms with E-state index in [4.69, 9.17) is 4.42 Å². The average Bonchev–Trinajstić information content (AvgIpc) is 3.03. The van der Waals surface area contributed by atoms with Gasteiger partial charge in [-0.3, -0.25) is 9.69 Å². The number of rotatable bonds is 3. The van der Waals surface area contributed by atoms with Crippen LogP contribution in [-0.2, 0) is 6.54 Å². The van der Waals surface area contributed by atoms with Gasteiger partial charge in [0, 0.05) is 38.3 Å². The predicted octanol–water partition coefficient (Wildman–Crippen LogP) is 2.25. The number of nitrogens with zero attached hydrogens (tertiary/aromatic N) is 3. The highest BCUT2D eigenvalue weighted by molar-refractivity contribution is 5.95. The highest BCUT2D eigenvalue weighted by Crippen LogP contribution is 2.15. The summed E-state index contributed by atoms with van der Waals surface area (Å²) in [5, 5.41) is 0. The van der Waals surface area contributed by atoms with Crippen LogP contribution in [0, 0.1) is 13.8 Å². The number of aromatic nitrogens is 1. The van der Waals surface area contributed by atoms with Crippen molar-refractivity contribution in [3.8, 4) is 0 Å². The molecule has 1 aromatic heterocycles. The molecule has 0 spiro atoms. The van der Waals surface area contributed by atoms with Crippen LogP contribution in [0.2, 0.25) is 0 Å². The lowest BCUT2D eigenvalue weighted by atomic mass is 10.0. The highest BCUT2D eigenvalue weighted by Gasteiger charge is 2.23. The third-order valence-corrected chi connectivity index (χ3v) is 4.15. The van der Waals surface area contributed by atoms with Gasteiger partial charge in [0.25, 0.3) is 5.91 Å². The van der Waals surface area contributed by atoms with E-state index in [1.165, 1.54) is 6.39 Å². The normalized spacial score (nSPS) is 16.0. The number of aryl methyl sites for hydroxylation is 2. The second-order valence-electron chi connectivity index (χ2n) is 5.87. The highest BCUT2D eigenvalue weighted by atomic mass is 16.3. The zero-order valence-electron chi connectivity index (χ0n) is 13.1. The summed E-state index contributed by atoms with van der Waals surface area (Å²) < 4.78 is 5.00. The Kier molecular flexibility index (Phi) is 4.24. The van der Waals surface area contributed by atoms with Crippen LogP contribution in [0.5, 0.6) is 0 Å². The van der Waals surface area contributed by atoms with Crippen molar-refractivity contribution in [3.63, 3.8) is 0 Å². The first-order valence-electron chi connectivity index (χ1n) is 7.59. The van der Waals surface area contributed by atoms with Gasteiger partial charge in [-0.25, -0.2) is 4.98 Å². The minimum Gasteiger partial charge on any atom is -0.451 e. The van der Waals surface area contributed by atoms with Crippen molar-refractivity contribution in [1.82, 2.24) is 14.8 Å². The van der Waals surface area contributed by atoms with Crippen molar-refractivity contribution in [1.29, 1.82) is 0 Å². The second-order valence-corrected chi connectivity index (χ2v) is 5.87. The molecule has 2 aromatic rings. The Balaban J connectivity index is 1.61. The maximum absolute atomic E-state index is 12.7. The van der Waals surface area contributed by atoms with E-state index in [-0.39, 0.29) is 5.91 Å². The van der Waals surface area contributed by atoms with Crippen molar-refractivity contribution >= 4 is 5.91 Å². The molecule has 2 heterocycles. The van der Waals surface area contributed by atoms with Crippen LogP contribution in [0.3, 0.4) is 0 Å². The number of carbonyl (C=O) groups is 1. The molecule has 1 aliphatic rings. The molecule has 0 radical (unpaired) electrons. The Morgan fingerprint density at radius 1 is 1.23 bits per heavy atom. The Morgan fingerprint density at radius 2 is 2.00 bits per heavy atom. The summed E-state index contributed by atoms with van der Waals surface area (Å²) in [6.45, 7) is 8.03. The Hall–Kier alpha value is -2.14. The van der Waals surface area contributed by atoms with E-state index in [1.807, 2.05) is 36.9 Å². The van der Waals surface area contributed by atoms with Crippen LogP contribution < -0.4 is 0 Å². The first-order valence-corrected chi connectivity index (χ1v) is 7.59. The van der Waals surface area contributed by atoms with Crippen LogP contribution in [0.4, 0.5) is 0 Å². The molecule has 116 valence electrons. The fourth-order valence-electron chi connectivity index (χ4n) is 2.79. The standard InChI is InChI=1S/C17H21N3O2/c1-13-3-4-14(2)16(9-13)17(21)20-7-5-19(6-8-20)10-15-11-22-12-18-15/h3-4,9,11-12H,5-8,10H2,1-2H3. The van der Waals surface area contributed by atoms with Crippen molar-refractivity contribution in [2.24, 2.45) is 0 Å². The van der Waals surface area contributed by atoms with Gasteiger partial charge in [0.05, 0.1) is 5.69 Å². The number of carbonyl (C=O) groups excluding carboxylic acids is 1. The van der Waals surface area contributed by atoms with Crippen LogP contribution in [0.25, 0.3) is 0 Å². The van der Waals surface area contributed by atoms with Crippen molar-refractivity contribution in [3.05, 3.63) is 53.2 Å². The summed E-state index contributed by atoms with van der Waals surface area (Å²) in [6, 6.07) is 6.05. The molecular formula is C17H21N3O2. The van der Waals surface area contributed by atoms with E-state index in [9.17, 15) is 4.79 Å². The van der Waals surface area contributed by atoms with Gasteiger partial charge in [0.15, 0.2) is 6.39 Å². The third-order valence-electron chi connectivity index (χ3n) is 4.15. The fraction of sp³-hybridized carbons (Fsp3) is 0.412. The predicted molar refractivity (Wildman–Crippen MR) is 83.6 cm³/mol. The second kappa shape index (κ2) is 6.32. The minimum atomic E-state index is 0.141. The topological polar surface area (TPSA) is 49.6 Å². The Morgan fingerprint density at radius 3 is 2.68 bits per heavy atom. The fourth-order valence-corrected chi connectivity index (χ4v) is 2.79. The maximum atomic E-state index is 12.7. The molecule has 5 heteroatoms. The van der Waals surface area contributed by atoms with Crippen LogP contribution in [-0.4, -0.2) is 46.9 Å². The zero-order valence-corrected chi connectivity index (χ0v) is 13.1. The number of hydrogen-bond donors (Lipinski definition) is 0. The quantitative estimate of drug-likeness (QED) is 0.872. The lowest BCUT2D eigenvalue weighted by Gasteiger charge is -2.34. The van der Waals surface area contributed by atoms with Gasteiger partial charge < -0.3 is 9.32 Å². The lowest BCUT2D eigenvalue weighted by molar-refractivity contribution is 0.0626. The van der Waals surface area contributed by atoms with Crippen molar-refractivity contribution < 1.29 is 9.21 Å². The SMILES string of the molecule is Cc1ccc(C)c(C(=O)N2CCN(Cc3cocn3)CC2)c1. The number of benzene rings is 1. The minimum absolute atomic E-state index is 0.141. The molecule has 0 saturated carbocycles. The van der Waals surface area contributed by atoms with Gasteiger partial charge in [0.2, 0.25) is 0 Å². The number of piperazine rings is 1. The lowest BCUT2D eigenvalue weighted by Crippen LogP contribution is -2.48. The molecule has 0 unspecified atom stereocenters. The molecule has 3 rings (SSSR count). The number of hydrogen-bond acceptors (Lipinski definition) is 4. The van der Waals surface area contributed by atoms with Gasteiger partial charge in [-0.15, -0.1) is 0 Å². The molecule has 0 bridgehead atoms. The maximum Gasteiger partial charge on any atom is 0.254 e. The summed E-state index contributed by atoms with van der Waals surface area (Å²) >= 11 is 0. The van der Waals surface area contributed by atoms with Gasteiger partial charge in [-0.1, -0.05) is 17.7 Å². The molecular weight excluding hydrogens is 278 g/mol. The molecule has 1 aromatic carbocycles. The molecule has 1 aliphatic heterocycles. The van der Waals surface area contributed by atoms with Crippen molar-refractivity contribution in [2.75, 3.05) is 26.2 Å². The third kappa shape index (κ3) is 3.20. The monoisotopic (exact) mass is 299 g/mol.